The summed E-state index contributed by atoms with van der Waals surface area (Å²) in [6, 6.07) is 9.06. The number of carbonyl (C=O) groups excluding carboxylic acids is 1. The molecule has 1 aromatic rings. The number of aliphatic hydroxyl groups is 1. The van der Waals surface area contributed by atoms with Gasteiger partial charge in [0, 0.05) is 18.7 Å². The Bertz CT molecular complexity index is 515. The summed E-state index contributed by atoms with van der Waals surface area (Å²) in [5, 5.41) is 20.6. The predicted molar refractivity (Wildman–Crippen MR) is 78.7 cm³/mol. The predicted octanol–water partition coefficient (Wildman–Crippen LogP) is 2.09. The van der Waals surface area contributed by atoms with Crippen LogP contribution in [0.5, 0.6) is 0 Å². The first kappa shape index (κ1) is 15.9. The Balaban J connectivity index is 2.65. The average molecular weight is 272 g/mol. The highest BCUT2D eigenvalue weighted by Gasteiger charge is 2.13. The lowest BCUT2D eigenvalue weighted by Gasteiger charge is -2.20. The molecule has 0 aliphatic carbocycles. The van der Waals surface area contributed by atoms with Crippen LogP contribution in [0.25, 0.3) is 6.08 Å². The van der Waals surface area contributed by atoms with Gasteiger partial charge in [-0.1, -0.05) is 26.0 Å². The van der Waals surface area contributed by atoms with Crippen molar-refractivity contribution in [2.24, 2.45) is 5.92 Å². The summed E-state index contributed by atoms with van der Waals surface area (Å²) in [6.07, 6.45) is 3.66. The van der Waals surface area contributed by atoms with Crippen LogP contribution < -0.4 is 5.32 Å². The van der Waals surface area contributed by atoms with E-state index in [1.165, 1.54) is 6.08 Å². The molecule has 0 aliphatic rings. The first-order valence-corrected chi connectivity index (χ1v) is 6.66. The van der Waals surface area contributed by atoms with Crippen LogP contribution in [0.15, 0.2) is 30.3 Å². The van der Waals surface area contributed by atoms with Crippen molar-refractivity contribution >= 4 is 12.0 Å². The fourth-order valence-electron chi connectivity index (χ4n) is 1.83. The van der Waals surface area contributed by atoms with E-state index in [1.54, 1.807) is 24.3 Å². The summed E-state index contributed by atoms with van der Waals surface area (Å²) in [5.41, 5.74) is 1.37. The zero-order chi connectivity index (χ0) is 15.0. The Kier molecular flexibility index (Phi) is 6.48. The molecule has 1 atom stereocenters. The summed E-state index contributed by atoms with van der Waals surface area (Å²) in [4.78, 5) is 11.8. The van der Waals surface area contributed by atoms with Gasteiger partial charge in [-0.15, -0.1) is 0 Å². The molecule has 1 unspecified atom stereocenters. The van der Waals surface area contributed by atoms with E-state index in [9.17, 15) is 4.79 Å². The zero-order valence-electron chi connectivity index (χ0n) is 11.8. The first-order valence-electron chi connectivity index (χ1n) is 6.66. The molecule has 0 aliphatic heterocycles. The third-order valence-electron chi connectivity index (χ3n) is 3.02. The highest BCUT2D eigenvalue weighted by atomic mass is 16.3. The molecule has 0 spiro atoms. The molecule has 0 bridgehead atoms. The van der Waals surface area contributed by atoms with Crippen LogP contribution in [0, 0.1) is 17.2 Å². The number of aliphatic hydroxyl groups excluding tert-OH is 1. The van der Waals surface area contributed by atoms with E-state index in [4.69, 9.17) is 10.4 Å². The lowest BCUT2D eigenvalue weighted by molar-refractivity contribution is -0.117. The SMILES string of the molecule is CC(C)C(CCO)NC(=O)/C=C/c1cccc(C#N)c1. The quantitative estimate of drug-likeness (QED) is 0.779. The van der Waals surface area contributed by atoms with Gasteiger partial charge in [0.05, 0.1) is 11.6 Å². The van der Waals surface area contributed by atoms with E-state index in [2.05, 4.69) is 11.4 Å². The number of benzene rings is 1. The molecule has 4 nitrogen and oxygen atoms in total. The molecular formula is C16H20N2O2. The number of hydrogen-bond acceptors (Lipinski definition) is 3. The van der Waals surface area contributed by atoms with E-state index in [0.717, 1.165) is 5.56 Å². The minimum atomic E-state index is -0.195. The van der Waals surface area contributed by atoms with Crippen molar-refractivity contribution in [1.82, 2.24) is 5.32 Å². The molecule has 1 aromatic carbocycles. The third-order valence-corrected chi connectivity index (χ3v) is 3.02. The maximum absolute atomic E-state index is 11.8. The van der Waals surface area contributed by atoms with Crippen molar-refractivity contribution in [2.45, 2.75) is 26.3 Å². The molecule has 0 fully saturated rings. The molecular weight excluding hydrogens is 252 g/mol. The molecule has 0 heterocycles. The fourth-order valence-corrected chi connectivity index (χ4v) is 1.83. The normalized spacial score (nSPS) is 12.3. The number of nitrogens with zero attached hydrogens (tertiary/aromatic N) is 1. The third kappa shape index (κ3) is 5.25. The van der Waals surface area contributed by atoms with Gasteiger partial charge in [0.1, 0.15) is 0 Å². The molecule has 0 saturated heterocycles. The lowest BCUT2D eigenvalue weighted by Crippen LogP contribution is -2.38. The average Bonchev–Trinajstić information content (AvgIpc) is 2.44. The summed E-state index contributed by atoms with van der Waals surface area (Å²) in [6.45, 7) is 4.05. The Hall–Kier alpha value is -2.12. The van der Waals surface area contributed by atoms with Gasteiger partial charge in [-0.3, -0.25) is 4.79 Å². The minimum Gasteiger partial charge on any atom is -0.396 e. The summed E-state index contributed by atoms with van der Waals surface area (Å²) in [5.74, 6) is 0.0703. The minimum absolute atomic E-state index is 0.0393. The molecule has 0 radical (unpaired) electrons. The molecule has 0 aromatic heterocycles. The molecule has 2 N–H and O–H groups in total. The maximum Gasteiger partial charge on any atom is 0.244 e. The largest absolute Gasteiger partial charge is 0.396 e. The second-order valence-corrected chi connectivity index (χ2v) is 4.94. The number of hydrogen-bond donors (Lipinski definition) is 2. The van der Waals surface area contributed by atoms with Gasteiger partial charge >= 0.3 is 0 Å². The fraction of sp³-hybridized carbons (Fsp3) is 0.375. The van der Waals surface area contributed by atoms with Gasteiger partial charge in [-0.25, -0.2) is 0 Å². The zero-order valence-corrected chi connectivity index (χ0v) is 11.8. The van der Waals surface area contributed by atoms with Crippen molar-refractivity contribution in [3.63, 3.8) is 0 Å². The summed E-state index contributed by atoms with van der Waals surface area (Å²) in [7, 11) is 0. The van der Waals surface area contributed by atoms with Crippen LogP contribution in [-0.4, -0.2) is 23.7 Å². The van der Waals surface area contributed by atoms with Gasteiger partial charge in [0.2, 0.25) is 5.91 Å². The highest BCUT2D eigenvalue weighted by Crippen LogP contribution is 2.07. The number of carbonyl (C=O) groups is 1. The van der Waals surface area contributed by atoms with Crippen molar-refractivity contribution in [1.29, 1.82) is 5.26 Å². The summed E-state index contributed by atoms with van der Waals surface area (Å²) < 4.78 is 0. The molecule has 1 amide bonds. The Labute approximate surface area is 119 Å². The lowest BCUT2D eigenvalue weighted by atomic mass is 10.0. The maximum atomic E-state index is 11.8. The molecule has 106 valence electrons. The number of nitriles is 1. The number of nitrogens with one attached hydrogen (secondary N) is 1. The van der Waals surface area contributed by atoms with Crippen LogP contribution in [0.1, 0.15) is 31.4 Å². The monoisotopic (exact) mass is 272 g/mol. The number of amides is 1. The van der Waals surface area contributed by atoms with Crippen LogP contribution in [0.3, 0.4) is 0 Å². The van der Waals surface area contributed by atoms with E-state index in [-0.39, 0.29) is 24.5 Å². The topological polar surface area (TPSA) is 73.1 Å². The van der Waals surface area contributed by atoms with E-state index in [0.29, 0.717) is 12.0 Å². The van der Waals surface area contributed by atoms with E-state index < -0.39 is 0 Å². The molecule has 1 rings (SSSR count). The van der Waals surface area contributed by atoms with Crippen molar-refractivity contribution < 1.29 is 9.90 Å². The van der Waals surface area contributed by atoms with Crippen molar-refractivity contribution in [3.05, 3.63) is 41.5 Å². The van der Waals surface area contributed by atoms with E-state index in [1.807, 2.05) is 19.9 Å². The highest BCUT2D eigenvalue weighted by molar-refractivity contribution is 5.91. The standard InChI is InChI=1S/C16H20N2O2/c1-12(2)15(8-9-19)18-16(20)7-6-13-4-3-5-14(10-13)11-17/h3-7,10,12,15,19H,8-9H2,1-2H3,(H,18,20)/b7-6+. The molecule has 0 saturated carbocycles. The summed E-state index contributed by atoms with van der Waals surface area (Å²) >= 11 is 0. The van der Waals surface area contributed by atoms with Crippen LogP contribution in [-0.2, 0) is 4.79 Å². The second kappa shape index (κ2) is 8.13. The molecule has 20 heavy (non-hydrogen) atoms. The van der Waals surface area contributed by atoms with Crippen molar-refractivity contribution in [3.8, 4) is 6.07 Å². The van der Waals surface area contributed by atoms with Gasteiger partial charge in [-0.2, -0.15) is 5.26 Å². The van der Waals surface area contributed by atoms with E-state index >= 15 is 0 Å². The van der Waals surface area contributed by atoms with Gasteiger partial charge < -0.3 is 10.4 Å². The Morgan fingerprint density at radius 1 is 1.50 bits per heavy atom. The van der Waals surface area contributed by atoms with Gasteiger partial charge in [0.25, 0.3) is 0 Å². The van der Waals surface area contributed by atoms with Gasteiger partial charge in [-0.05, 0) is 36.1 Å². The Morgan fingerprint density at radius 3 is 2.85 bits per heavy atom. The second-order valence-electron chi connectivity index (χ2n) is 4.94. The van der Waals surface area contributed by atoms with Gasteiger partial charge in [0.15, 0.2) is 0 Å². The first-order chi connectivity index (χ1) is 9.56. The van der Waals surface area contributed by atoms with Crippen LogP contribution >= 0.6 is 0 Å². The molecule has 4 heteroatoms. The smallest absolute Gasteiger partial charge is 0.244 e. The van der Waals surface area contributed by atoms with Crippen LogP contribution in [0.2, 0.25) is 0 Å². The van der Waals surface area contributed by atoms with Crippen molar-refractivity contribution in [2.75, 3.05) is 6.61 Å². The Morgan fingerprint density at radius 2 is 2.25 bits per heavy atom. The number of rotatable bonds is 6. The van der Waals surface area contributed by atoms with Crippen LogP contribution in [0.4, 0.5) is 0 Å².